The van der Waals surface area contributed by atoms with Gasteiger partial charge in [0.05, 0.1) is 11.2 Å². The lowest BCUT2D eigenvalue weighted by Gasteiger charge is -2.43. The van der Waals surface area contributed by atoms with Gasteiger partial charge in [0, 0.05) is 6.54 Å². The van der Waals surface area contributed by atoms with E-state index in [1.54, 1.807) is 0 Å². The Balaban J connectivity index is 1.79. The third-order valence-corrected chi connectivity index (χ3v) is 4.82. The Bertz CT molecular complexity index is 263. The zero-order valence-corrected chi connectivity index (χ0v) is 11.6. The lowest BCUT2D eigenvalue weighted by atomic mass is 9.76. The quantitative estimate of drug-likeness (QED) is 0.696. The molecular weight excluding hydrogens is 228 g/mol. The zero-order valence-electron chi connectivity index (χ0n) is 11.6. The maximum Gasteiger partial charge on any atom is 0.0776 e. The van der Waals surface area contributed by atoms with E-state index in [4.69, 9.17) is 5.73 Å². The molecule has 0 aromatic heterocycles. The molecule has 1 aliphatic carbocycles. The molecule has 0 amide bonds. The van der Waals surface area contributed by atoms with Crippen LogP contribution in [0.1, 0.15) is 45.4 Å². The van der Waals surface area contributed by atoms with E-state index in [-0.39, 0.29) is 0 Å². The van der Waals surface area contributed by atoms with Gasteiger partial charge in [-0.15, -0.1) is 0 Å². The van der Waals surface area contributed by atoms with E-state index in [0.29, 0.717) is 18.8 Å². The molecule has 4 heteroatoms. The van der Waals surface area contributed by atoms with Gasteiger partial charge in [-0.2, -0.15) is 0 Å². The van der Waals surface area contributed by atoms with Crippen molar-refractivity contribution in [3.05, 3.63) is 0 Å². The van der Waals surface area contributed by atoms with Gasteiger partial charge in [0.1, 0.15) is 0 Å². The van der Waals surface area contributed by atoms with Crippen LogP contribution in [0.15, 0.2) is 0 Å². The summed E-state index contributed by atoms with van der Waals surface area (Å²) in [5, 5.41) is 20.5. The molecular formula is C14H28N2O2. The largest absolute Gasteiger partial charge is 0.390 e. The van der Waals surface area contributed by atoms with Gasteiger partial charge in [0.25, 0.3) is 0 Å². The molecule has 0 radical (unpaired) electrons. The summed E-state index contributed by atoms with van der Waals surface area (Å²) in [5.74, 6) is 0.669. The van der Waals surface area contributed by atoms with Gasteiger partial charge in [0.15, 0.2) is 0 Å². The lowest BCUT2D eigenvalue weighted by molar-refractivity contribution is -0.0877. The van der Waals surface area contributed by atoms with Crippen molar-refractivity contribution in [2.45, 2.75) is 56.7 Å². The molecule has 0 bridgehead atoms. The Morgan fingerprint density at radius 2 is 1.67 bits per heavy atom. The van der Waals surface area contributed by atoms with Crippen molar-refractivity contribution in [2.75, 3.05) is 26.2 Å². The van der Waals surface area contributed by atoms with Gasteiger partial charge < -0.3 is 20.8 Å². The minimum Gasteiger partial charge on any atom is -0.390 e. The molecule has 1 saturated carbocycles. The standard InChI is InChI=1S/C14H28N2O2/c1-13(17)4-6-14(18,7-5-13)11-16-8-2-12(10-15)3-9-16/h12,17-18H,2-11,15H2,1H3. The van der Waals surface area contributed by atoms with Gasteiger partial charge in [0.2, 0.25) is 0 Å². The number of β-amino-alcohol motifs (C(OH)–C–C–N with tert-alkyl or cyclic N) is 1. The smallest absolute Gasteiger partial charge is 0.0776 e. The molecule has 1 heterocycles. The van der Waals surface area contributed by atoms with Gasteiger partial charge in [-0.25, -0.2) is 0 Å². The van der Waals surface area contributed by atoms with E-state index in [9.17, 15) is 10.2 Å². The summed E-state index contributed by atoms with van der Waals surface area (Å²) in [4.78, 5) is 2.37. The fraction of sp³-hybridized carbons (Fsp3) is 1.00. The highest BCUT2D eigenvalue weighted by Gasteiger charge is 2.39. The van der Waals surface area contributed by atoms with Crippen LogP contribution in [0.2, 0.25) is 0 Å². The van der Waals surface area contributed by atoms with Gasteiger partial charge in [-0.05, 0) is 71.0 Å². The van der Waals surface area contributed by atoms with E-state index >= 15 is 0 Å². The van der Waals surface area contributed by atoms with Crippen molar-refractivity contribution < 1.29 is 10.2 Å². The van der Waals surface area contributed by atoms with E-state index in [1.807, 2.05) is 6.92 Å². The van der Waals surface area contributed by atoms with Crippen molar-refractivity contribution >= 4 is 0 Å². The number of likely N-dealkylation sites (tertiary alicyclic amines) is 1. The highest BCUT2D eigenvalue weighted by molar-refractivity contribution is 4.93. The highest BCUT2D eigenvalue weighted by Crippen LogP contribution is 2.35. The summed E-state index contributed by atoms with van der Waals surface area (Å²) in [7, 11) is 0. The number of hydrogen-bond donors (Lipinski definition) is 3. The normalized spacial score (nSPS) is 40.0. The van der Waals surface area contributed by atoms with Crippen LogP contribution >= 0.6 is 0 Å². The average molecular weight is 256 g/mol. The maximum absolute atomic E-state index is 10.6. The maximum atomic E-state index is 10.6. The minimum absolute atomic E-state index is 0.571. The Morgan fingerprint density at radius 1 is 1.11 bits per heavy atom. The molecule has 1 saturated heterocycles. The van der Waals surface area contributed by atoms with Gasteiger partial charge in [-0.1, -0.05) is 0 Å². The summed E-state index contributed by atoms with van der Waals surface area (Å²) < 4.78 is 0. The molecule has 4 N–H and O–H groups in total. The van der Waals surface area contributed by atoms with Crippen molar-refractivity contribution in [3.63, 3.8) is 0 Å². The first-order chi connectivity index (χ1) is 8.42. The second-order valence-corrected chi connectivity index (χ2v) is 6.68. The Hall–Kier alpha value is -0.160. The van der Waals surface area contributed by atoms with Gasteiger partial charge >= 0.3 is 0 Å². The third kappa shape index (κ3) is 3.67. The molecule has 0 unspecified atom stereocenters. The molecule has 106 valence electrons. The van der Waals surface area contributed by atoms with Crippen LogP contribution in [-0.2, 0) is 0 Å². The molecule has 18 heavy (non-hydrogen) atoms. The first-order valence-electron chi connectivity index (χ1n) is 7.30. The van der Waals surface area contributed by atoms with Crippen LogP contribution in [0.4, 0.5) is 0 Å². The third-order valence-electron chi connectivity index (χ3n) is 4.82. The van der Waals surface area contributed by atoms with Crippen molar-refractivity contribution in [1.29, 1.82) is 0 Å². The number of hydrogen-bond acceptors (Lipinski definition) is 4. The van der Waals surface area contributed by atoms with Crippen LogP contribution in [0.3, 0.4) is 0 Å². The number of piperidine rings is 1. The summed E-state index contributed by atoms with van der Waals surface area (Å²) in [6, 6.07) is 0. The van der Waals surface area contributed by atoms with Gasteiger partial charge in [-0.3, -0.25) is 0 Å². The molecule has 2 rings (SSSR count). The van der Waals surface area contributed by atoms with Crippen molar-refractivity contribution in [2.24, 2.45) is 11.7 Å². The second kappa shape index (κ2) is 5.45. The first kappa shape index (κ1) is 14.3. The number of nitrogens with two attached hydrogens (primary N) is 1. The summed E-state index contributed by atoms with van der Waals surface area (Å²) in [6.07, 6.45) is 5.17. The molecule has 2 aliphatic rings. The molecule has 0 spiro atoms. The number of nitrogens with zero attached hydrogens (tertiary/aromatic N) is 1. The molecule has 1 aliphatic heterocycles. The monoisotopic (exact) mass is 256 g/mol. The Morgan fingerprint density at radius 3 is 2.17 bits per heavy atom. The van der Waals surface area contributed by atoms with Crippen molar-refractivity contribution in [1.82, 2.24) is 4.90 Å². The minimum atomic E-state index is -0.586. The molecule has 0 aromatic carbocycles. The number of rotatable bonds is 3. The lowest BCUT2D eigenvalue weighted by Crippen LogP contribution is -2.50. The molecule has 0 aromatic rings. The van der Waals surface area contributed by atoms with Crippen LogP contribution in [-0.4, -0.2) is 52.5 Å². The molecule has 0 atom stereocenters. The SMILES string of the molecule is CC1(O)CCC(O)(CN2CCC(CN)CC2)CC1. The van der Waals surface area contributed by atoms with Crippen LogP contribution in [0.5, 0.6) is 0 Å². The van der Waals surface area contributed by atoms with Crippen molar-refractivity contribution in [3.8, 4) is 0 Å². The zero-order chi connectivity index (χ0) is 13.2. The summed E-state index contributed by atoms with van der Waals surface area (Å²) >= 11 is 0. The van der Waals surface area contributed by atoms with E-state index in [1.165, 1.54) is 0 Å². The predicted octanol–water partition coefficient (Wildman–Crippen LogP) is 0.713. The molecule has 2 fully saturated rings. The summed E-state index contributed by atoms with van der Waals surface area (Å²) in [5.41, 5.74) is 4.54. The second-order valence-electron chi connectivity index (χ2n) is 6.68. The Kier molecular flexibility index (Phi) is 4.32. The van der Waals surface area contributed by atoms with E-state index < -0.39 is 11.2 Å². The number of aliphatic hydroxyl groups is 2. The summed E-state index contributed by atoms with van der Waals surface area (Å²) in [6.45, 7) is 5.54. The molecule has 4 nitrogen and oxygen atoms in total. The average Bonchev–Trinajstić information content (AvgIpc) is 2.35. The predicted molar refractivity (Wildman–Crippen MR) is 72.3 cm³/mol. The van der Waals surface area contributed by atoms with Crippen LogP contribution in [0.25, 0.3) is 0 Å². The van der Waals surface area contributed by atoms with Crippen LogP contribution < -0.4 is 5.73 Å². The van der Waals surface area contributed by atoms with E-state index in [0.717, 1.165) is 51.9 Å². The van der Waals surface area contributed by atoms with Crippen LogP contribution in [0, 0.1) is 5.92 Å². The topological polar surface area (TPSA) is 69.7 Å². The highest BCUT2D eigenvalue weighted by atomic mass is 16.3. The van der Waals surface area contributed by atoms with E-state index in [2.05, 4.69) is 4.90 Å². The fourth-order valence-corrected chi connectivity index (χ4v) is 3.21. The Labute approximate surface area is 110 Å². The first-order valence-corrected chi connectivity index (χ1v) is 7.30. The fourth-order valence-electron chi connectivity index (χ4n) is 3.21.